The summed E-state index contributed by atoms with van der Waals surface area (Å²) in [5.74, 6) is 0.445. The largest absolute Gasteiger partial charge is 0.497 e. The zero-order chi connectivity index (χ0) is 31.4. The highest BCUT2D eigenvalue weighted by atomic mass is 32.2. The van der Waals surface area contributed by atoms with Gasteiger partial charge in [-0.15, -0.1) is 0 Å². The Kier molecular flexibility index (Phi) is 12.4. The van der Waals surface area contributed by atoms with E-state index in [1.165, 1.54) is 17.0 Å². The maximum atomic E-state index is 14.2. The molecule has 0 fully saturated rings. The second-order valence-corrected chi connectivity index (χ2v) is 12.1. The lowest BCUT2D eigenvalue weighted by Gasteiger charge is -2.33. The van der Waals surface area contributed by atoms with E-state index in [1.54, 1.807) is 55.6 Å². The number of rotatable bonds is 16. The second kappa shape index (κ2) is 16.0. The Hall–Kier alpha value is -4.05. The smallest absolute Gasteiger partial charge is 0.264 e. The number of nitrogens with one attached hydrogen (secondary N) is 1. The zero-order valence-electron chi connectivity index (χ0n) is 25.7. The number of hydrogen-bond acceptors (Lipinski definition) is 6. The molecule has 10 heteroatoms. The molecule has 0 aromatic heterocycles. The third kappa shape index (κ3) is 8.97. The van der Waals surface area contributed by atoms with Crippen LogP contribution >= 0.6 is 0 Å². The van der Waals surface area contributed by atoms with Gasteiger partial charge in [0.15, 0.2) is 0 Å². The molecule has 0 radical (unpaired) electrons. The Morgan fingerprint density at radius 1 is 0.884 bits per heavy atom. The van der Waals surface area contributed by atoms with Gasteiger partial charge >= 0.3 is 0 Å². The SMILES string of the molecule is CCCCNC(=O)[C@@H](CC)N(Cc1ccc(OC)cc1)C(=O)CN(c1ccc(C)cc1)S(=O)(=O)c1ccc(OCC)cc1. The highest BCUT2D eigenvalue weighted by Gasteiger charge is 2.33. The van der Waals surface area contributed by atoms with Crippen LogP contribution in [0.15, 0.2) is 77.7 Å². The van der Waals surface area contributed by atoms with Gasteiger partial charge in [-0.3, -0.25) is 13.9 Å². The molecular weight excluding hydrogens is 566 g/mol. The molecular formula is C33H43N3O6S. The van der Waals surface area contributed by atoms with Crippen molar-refractivity contribution in [2.24, 2.45) is 0 Å². The Labute approximate surface area is 255 Å². The maximum Gasteiger partial charge on any atom is 0.264 e. The van der Waals surface area contributed by atoms with Crippen molar-refractivity contribution in [1.82, 2.24) is 10.2 Å². The van der Waals surface area contributed by atoms with Crippen molar-refractivity contribution in [3.63, 3.8) is 0 Å². The summed E-state index contributed by atoms with van der Waals surface area (Å²) in [6.07, 6.45) is 2.09. The highest BCUT2D eigenvalue weighted by molar-refractivity contribution is 7.92. The molecule has 9 nitrogen and oxygen atoms in total. The average molecular weight is 610 g/mol. The Balaban J connectivity index is 2.02. The summed E-state index contributed by atoms with van der Waals surface area (Å²) in [5.41, 5.74) is 2.08. The van der Waals surface area contributed by atoms with Gasteiger partial charge in [-0.2, -0.15) is 0 Å². The Morgan fingerprint density at radius 3 is 2.07 bits per heavy atom. The van der Waals surface area contributed by atoms with Crippen molar-refractivity contribution in [3.05, 3.63) is 83.9 Å². The number of methoxy groups -OCH3 is 1. The van der Waals surface area contributed by atoms with E-state index in [4.69, 9.17) is 9.47 Å². The number of nitrogens with zero attached hydrogens (tertiary/aromatic N) is 2. The fraction of sp³-hybridized carbons (Fsp3) is 0.394. The summed E-state index contributed by atoms with van der Waals surface area (Å²) >= 11 is 0. The first kappa shape index (κ1) is 33.5. The molecule has 3 aromatic rings. The molecule has 1 atom stereocenters. The summed E-state index contributed by atoms with van der Waals surface area (Å²) in [5, 5.41) is 2.94. The highest BCUT2D eigenvalue weighted by Crippen LogP contribution is 2.27. The first-order chi connectivity index (χ1) is 20.6. The fourth-order valence-electron chi connectivity index (χ4n) is 4.59. The topological polar surface area (TPSA) is 105 Å². The van der Waals surface area contributed by atoms with Crippen LogP contribution in [0.1, 0.15) is 51.2 Å². The summed E-state index contributed by atoms with van der Waals surface area (Å²) in [4.78, 5) is 29.0. The van der Waals surface area contributed by atoms with Gasteiger partial charge in [0.25, 0.3) is 10.0 Å². The molecule has 0 heterocycles. The van der Waals surface area contributed by atoms with Crippen molar-refractivity contribution < 1.29 is 27.5 Å². The van der Waals surface area contributed by atoms with Crippen LogP contribution in [0, 0.1) is 6.92 Å². The molecule has 0 bridgehead atoms. The predicted octanol–water partition coefficient (Wildman–Crippen LogP) is 5.32. The van der Waals surface area contributed by atoms with Gasteiger partial charge in [-0.25, -0.2) is 8.42 Å². The predicted molar refractivity (Wildman–Crippen MR) is 169 cm³/mol. The number of unbranched alkanes of at least 4 members (excludes halogenated alkanes) is 1. The van der Waals surface area contributed by atoms with E-state index in [9.17, 15) is 18.0 Å². The average Bonchev–Trinajstić information content (AvgIpc) is 3.01. The quantitative estimate of drug-likeness (QED) is 0.221. The van der Waals surface area contributed by atoms with Crippen LogP contribution in [0.4, 0.5) is 5.69 Å². The third-order valence-corrected chi connectivity index (χ3v) is 8.84. The van der Waals surface area contributed by atoms with Crippen molar-refractivity contribution >= 4 is 27.5 Å². The molecule has 0 spiro atoms. The molecule has 0 aliphatic carbocycles. The Bertz CT molecular complexity index is 1420. The molecule has 1 N–H and O–H groups in total. The fourth-order valence-corrected chi connectivity index (χ4v) is 6.01. The van der Waals surface area contributed by atoms with Gasteiger partial charge in [-0.1, -0.05) is 50.1 Å². The molecule has 2 amide bonds. The monoisotopic (exact) mass is 609 g/mol. The third-order valence-electron chi connectivity index (χ3n) is 7.05. The van der Waals surface area contributed by atoms with E-state index in [0.29, 0.717) is 36.8 Å². The van der Waals surface area contributed by atoms with E-state index in [-0.39, 0.29) is 17.3 Å². The van der Waals surface area contributed by atoms with Crippen molar-refractivity contribution in [2.45, 2.75) is 64.4 Å². The molecule has 0 saturated carbocycles. The summed E-state index contributed by atoms with van der Waals surface area (Å²) in [6.45, 7) is 8.20. The van der Waals surface area contributed by atoms with E-state index in [1.807, 2.05) is 39.8 Å². The molecule has 0 saturated heterocycles. The van der Waals surface area contributed by atoms with Crippen LogP contribution in [0.5, 0.6) is 11.5 Å². The molecule has 0 unspecified atom stereocenters. The zero-order valence-corrected chi connectivity index (χ0v) is 26.5. The molecule has 232 valence electrons. The standard InChI is InChI=1S/C33H43N3O6S/c1-6-9-22-34-33(38)31(7-2)35(23-26-12-16-28(41-5)17-13-26)32(37)24-36(27-14-10-25(4)11-15-27)43(39,40)30-20-18-29(19-21-30)42-8-3/h10-21,31H,6-9,22-24H2,1-5H3,(H,34,38)/t31-/m1/s1. The van der Waals surface area contributed by atoms with Crippen LogP contribution in [0.25, 0.3) is 0 Å². The number of benzene rings is 3. The summed E-state index contributed by atoms with van der Waals surface area (Å²) in [6, 6.07) is 19.5. The van der Waals surface area contributed by atoms with E-state index in [0.717, 1.165) is 28.3 Å². The summed E-state index contributed by atoms with van der Waals surface area (Å²) < 4.78 is 39.9. The van der Waals surface area contributed by atoms with Crippen LogP contribution in [0.3, 0.4) is 0 Å². The minimum absolute atomic E-state index is 0.0235. The van der Waals surface area contributed by atoms with Gasteiger partial charge in [0.2, 0.25) is 11.8 Å². The van der Waals surface area contributed by atoms with Crippen LogP contribution in [-0.4, -0.2) is 58.0 Å². The number of carbonyl (C=O) groups is 2. The normalized spacial score (nSPS) is 11.8. The maximum absolute atomic E-state index is 14.2. The first-order valence-electron chi connectivity index (χ1n) is 14.7. The van der Waals surface area contributed by atoms with Gasteiger partial charge in [-0.05, 0) is 80.8 Å². The lowest BCUT2D eigenvalue weighted by atomic mass is 10.1. The number of sulfonamides is 1. The number of hydrogen-bond donors (Lipinski definition) is 1. The molecule has 3 aromatic carbocycles. The van der Waals surface area contributed by atoms with Gasteiger partial charge in [0, 0.05) is 13.1 Å². The number of ether oxygens (including phenoxy) is 2. The van der Waals surface area contributed by atoms with Crippen LogP contribution < -0.4 is 19.1 Å². The van der Waals surface area contributed by atoms with Gasteiger partial charge in [0.05, 0.1) is 24.3 Å². The van der Waals surface area contributed by atoms with Crippen LogP contribution in [0.2, 0.25) is 0 Å². The number of aryl methyl sites for hydroxylation is 1. The molecule has 43 heavy (non-hydrogen) atoms. The summed E-state index contributed by atoms with van der Waals surface area (Å²) in [7, 11) is -2.59. The van der Waals surface area contributed by atoms with Gasteiger partial charge in [0.1, 0.15) is 24.1 Å². The van der Waals surface area contributed by atoms with E-state index >= 15 is 0 Å². The van der Waals surface area contributed by atoms with E-state index < -0.39 is 28.5 Å². The van der Waals surface area contributed by atoms with Crippen molar-refractivity contribution in [3.8, 4) is 11.5 Å². The number of anilines is 1. The number of carbonyl (C=O) groups excluding carboxylic acids is 2. The minimum atomic E-state index is -4.17. The number of amides is 2. The van der Waals surface area contributed by atoms with Crippen molar-refractivity contribution in [2.75, 3.05) is 31.1 Å². The molecule has 0 aliphatic rings. The van der Waals surface area contributed by atoms with Crippen molar-refractivity contribution in [1.29, 1.82) is 0 Å². The minimum Gasteiger partial charge on any atom is -0.497 e. The first-order valence-corrected chi connectivity index (χ1v) is 16.1. The molecule has 0 aliphatic heterocycles. The Morgan fingerprint density at radius 2 is 1.51 bits per heavy atom. The van der Waals surface area contributed by atoms with E-state index in [2.05, 4.69) is 5.32 Å². The second-order valence-electron chi connectivity index (χ2n) is 10.2. The van der Waals surface area contributed by atoms with Gasteiger partial charge < -0.3 is 19.7 Å². The molecule has 3 rings (SSSR count). The lowest BCUT2D eigenvalue weighted by molar-refractivity contribution is -0.140. The lowest BCUT2D eigenvalue weighted by Crippen LogP contribution is -2.52. The van der Waals surface area contributed by atoms with Crippen LogP contribution in [-0.2, 0) is 26.2 Å².